The van der Waals surface area contributed by atoms with Gasteiger partial charge in [0.1, 0.15) is 0 Å². The monoisotopic (exact) mass is 299 g/mol. The maximum atomic E-state index is 12.6. The number of aromatic nitrogens is 1. The molecule has 2 rings (SSSR count). The lowest BCUT2D eigenvalue weighted by Gasteiger charge is -2.17. The molecule has 5 heteroatoms. The van der Waals surface area contributed by atoms with Gasteiger partial charge in [-0.1, -0.05) is 24.0 Å². The van der Waals surface area contributed by atoms with Crippen molar-refractivity contribution >= 4 is 17.2 Å². The minimum atomic E-state index is -0.0512. The van der Waals surface area contributed by atoms with Crippen molar-refractivity contribution in [2.75, 3.05) is 13.6 Å². The number of hydrogen-bond donors (Lipinski definition) is 1. The molecule has 0 aliphatic heterocycles. The van der Waals surface area contributed by atoms with Crippen LogP contribution in [0, 0.1) is 18.8 Å². The van der Waals surface area contributed by atoms with Gasteiger partial charge in [0.2, 0.25) is 0 Å². The van der Waals surface area contributed by atoms with E-state index in [2.05, 4.69) is 16.8 Å². The highest BCUT2D eigenvalue weighted by atomic mass is 32.1. The van der Waals surface area contributed by atoms with Crippen molar-refractivity contribution < 1.29 is 4.79 Å². The third kappa shape index (κ3) is 3.69. The summed E-state index contributed by atoms with van der Waals surface area (Å²) in [7, 11) is 1.79. The first-order chi connectivity index (χ1) is 10.1. The number of nitrogens with zero attached hydrogens (tertiary/aromatic N) is 2. The normalized spacial score (nSPS) is 9.86. The summed E-state index contributed by atoms with van der Waals surface area (Å²) in [5.74, 6) is 5.69. The van der Waals surface area contributed by atoms with E-state index in [4.69, 9.17) is 5.73 Å². The van der Waals surface area contributed by atoms with Gasteiger partial charge in [0, 0.05) is 17.5 Å². The lowest BCUT2D eigenvalue weighted by atomic mass is 10.1. The lowest BCUT2D eigenvalue weighted by molar-refractivity contribution is 0.0786. The summed E-state index contributed by atoms with van der Waals surface area (Å²) in [5.41, 5.74) is 9.47. The van der Waals surface area contributed by atoms with Gasteiger partial charge in [-0.25, -0.2) is 4.98 Å². The molecule has 2 aromatic rings. The van der Waals surface area contributed by atoms with Crippen LogP contribution in [0.25, 0.3) is 0 Å². The van der Waals surface area contributed by atoms with Gasteiger partial charge in [-0.3, -0.25) is 4.79 Å². The van der Waals surface area contributed by atoms with Gasteiger partial charge < -0.3 is 10.6 Å². The molecule has 1 heterocycles. The largest absolute Gasteiger partial charge is 0.336 e. The van der Waals surface area contributed by atoms with Crippen molar-refractivity contribution in [1.29, 1.82) is 0 Å². The van der Waals surface area contributed by atoms with E-state index in [1.807, 2.05) is 25.1 Å². The van der Waals surface area contributed by atoms with Crippen LogP contribution in [0.5, 0.6) is 0 Å². The topological polar surface area (TPSA) is 59.2 Å². The van der Waals surface area contributed by atoms with Gasteiger partial charge in [0.15, 0.2) is 0 Å². The predicted molar refractivity (Wildman–Crippen MR) is 85.0 cm³/mol. The Morgan fingerprint density at radius 3 is 2.86 bits per heavy atom. The summed E-state index contributed by atoms with van der Waals surface area (Å²) in [6.45, 7) is 2.78. The zero-order valence-corrected chi connectivity index (χ0v) is 12.9. The third-order valence-electron chi connectivity index (χ3n) is 3.05. The van der Waals surface area contributed by atoms with Crippen LogP contribution in [0.1, 0.15) is 26.5 Å². The van der Waals surface area contributed by atoms with Crippen molar-refractivity contribution in [2.45, 2.75) is 13.5 Å². The van der Waals surface area contributed by atoms with Crippen LogP contribution in [0.4, 0.5) is 0 Å². The first kappa shape index (κ1) is 15.2. The highest BCUT2D eigenvalue weighted by Crippen LogP contribution is 2.17. The number of carbonyl (C=O) groups excluding carboxylic acids is 1. The fourth-order valence-electron chi connectivity index (χ4n) is 1.90. The zero-order valence-electron chi connectivity index (χ0n) is 12.1. The minimum absolute atomic E-state index is 0.0512. The van der Waals surface area contributed by atoms with E-state index in [1.54, 1.807) is 34.9 Å². The number of carbonyl (C=O) groups is 1. The molecule has 2 N–H and O–H groups in total. The number of thiazole rings is 1. The van der Waals surface area contributed by atoms with Crippen molar-refractivity contribution in [2.24, 2.45) is 5.73 Å². The second-order valence-electron chi connectivity index (χ2n) is 4.57. The Balaban J connectivity index is 2.21. The van der Waals surface area contributed by atoms with Crippen LogP contribution in [0.15, 0.2) is 29.8 Å². The van der Waals surface area contributed by atoms with Crippen LogP contribution in [-0.4, -0.2) is 29.4 Å². The van der Waals surface area contributed by atoms with Gasteiger partial charge in [0.05, 0.1) is 29.9 Å². The Labute approximate surface area is 128 Å². The van der Waals surface area contributed by atoms with E-state index in [9.17, 15) is 4.79 Å². The molecule has 0 unspecified atom stereocenters. The number of aryl methyl sites for hydroxylation is 1. The zero-order chi connectivity index (χ0) is 15.2. The highest BCUT2D eigenvalue weighted by molar-refractivity contribution is 7.09. The van der Waals surface area contributed by atoms with Crippen LogP contribution >= 0.6 is 11.3 Å². The van der Waals surface area contributed by atoms with Gasteiger partial charge >= 0.3 is 0 Å². The van der Waals surface area contributed by atoms with E-state index in [0.717, 1.165) is 10.6 Å². The average Bonchev–Trinajstić information content (AvgIpc) is 2.90. The molecule has 0 aliphatic rings. The maximum Gasteiger partial charge on any atom is 0.255 e. The molecule has 0 bridgehead atoms. The van der Waals surface area contributed by atoms with Gasteiger partial charge in [-0.15, -0.1) is 11.3 Å². The molecule has 0 fully saturated rings. The Kier molecular flexibility index (Phi) is 5.09. The van der Waals surface area contributed by atoms with Crippen LogP contribution in [0.3, 0.4) is 0 Å². The van der Waals surface area contributed by atoms with Crippen LogP contribution < -0.4 is 5.73 Å². The Bertz CT molecular complexity index is 697. The van der Waals surface area contributed by atoms with Crippen molar-refractivity contribution in [1.82, 2.24) is 9.88 Å². The fourth-order valence-corrected chi connectivity index (χ4v) is 2.73. The molecule has 1 aromatic carbocycles. The molecule has 0 atom stereocenters. The van der Waals surface area contributed by atoms with Gasteiger partial charge in [-0.05, 0) is 19.1 Å². The van der Waals surface area contributed by atoms with Gasteiger partial charge in [-0.2, -0.15) is 0 Å². The summed E-state index contributed by atoms with van der Waals surface area (Å²) in [6, 6.07) is 7.33. The van der Waals surface area contributed by atoms with Crippen molar-refractivity contribution in [3.8, 4) is 11.8 Å². The molecule has 21 heavy (non-hydrogen) atoms. The number of amides is 1. The molecule has 4 nitrogen and oxygen atoms in total. The molecule has 0 saturated heterocycles. The molecule has 1 aromatic heterocycles. The molecular weight excluding hydrogens is 282 g/mol. The number of benzene rings is 1. The Morgan fingerprint density at radius 1 is 1.43 bits per heavy atom. The second-order valence-corrected chi connectivity index (χ2v) is 5.51. The van der Waals surface area contributed by atoms with E-state index in [1.165, 1.54) is 0 Å². The summed E-state index contributed by atoms with van der Waals surface area (Å²) in [5, 5.41) is 0. The molecule has 0 radical (unpaired) electrons. The average molecular weight is 299 g/mol. The lowest BCUT2D eigenvalue weighted by Crippen LogP contribution is -2.26. The third-order valence-corrected chi connectivity index (χ3v) is 3.97. The first-order valence-corrected chi connectivity index (χ1v) is 7.44. The molecule has 108 valence electrons. The van der Waals surface area contributed by atoms with E-state index in [-0.39, 0.29) is 12.5 Å². The molecule has 0 saturated carbocycles. The SMILES string of the molecule is Cc1ncsc1CN(C)C(=O)c1ccccc1C#CCN. The van der Waals surface area contributed by atoms with E-state index < -0.39 is 0 Å². The quantitative estimate of drug-likeness (QED) is 0.882. The minimum Gasteiger partial charge on any atom is -0.336 e. The van der Waals surface area contributed by atoms with Crippen LogP contribution in [0.2, 0.25) is 0 Å². The fraction of sp³-hybridized carbons (Fsp3) is 0.250. The smallest absolute Gasteiger partial charge is 0.255 e. The number of nitrogens with two attached hydrogens (primary N) is 1. The predicted octanol–water partition coefficient (Wildman–Crippen LogP) is 2.03. The summed E-state index contributed by atoms with van der Waals surface area (Å²) < 4.78 is 0. The molecule has 1 amide bonds. The van der Waals surface area contributed by atoms with Crippen molar-refractivity contribution in [3.05, 3.63) is 51.5 Å². The number of hydrogen-bond acceptors (Lipinski definition) is 4. The first-order valence-electron chi connectivity index (χ1n) is 6.56. The van der Waals surface area contributed by atoms with E-state index >= 15 is 0 Å². The molecule has 0 spiro atoms. The number of rotatable bonds is 3. The second kappa shape index (κ2) is 7.02. The van der Waals surface area contributed by atoms with Gasteiger partial charge in [0.25, 0.3) is 5.91 Å². The summed E-state index contributed by atoms with van der Waals surface area (Å²) in [6.07, 6.45) is 0. The van der Waals surface area contributed by atoms with Crippen molar-refractivity contribution in [3.63, 3.8) is 0 Å². The van der Waals surface area contributed by atoms with E-state index in [0.29, 0.717) is 17.7 Å². The molecular formula is C16H17N3OS. The Hall–Kier alpha value is -2.16. The highest BCUT2D eigenvalue weighted by Gasteiger charge is 2.16. The summed E-state index contributed by atoms with van der Waals surface area (Å²) in [4.78, 5) is 19.6. The summed E-state index contributed by atoms with van der Waals surface area (Å²) >= 11 is 1.56. The van der Waals surface area contributed by atoms with Crippen LogP contribution in [-0.2, 0) is 6.54 Å². The standard InChI is InChI=1S/C16H17N3OS/c1-12-15(21-11-18-12)10-19(2)16(20)14-8-4-3-6-13(14)7-5-9-17/h3-4,6,8,11H,9-10,17H2,1-2H3. The maximum absolute atomic E-state index is 12.6. The molecule has 0 aliphatic carbocycles. The Morgan fingerprint density at radius 2 is 2.19 bits per heavy atom.